The summed E-state index contributed by atoms with van der Waals surface area (Å²) in [5, 5.41) is 1.28. The Labute approximate surface area is 106 Å². The Morgan fingerprint density at radius 1 is 1.35 bits per heavy atom. The molecule has 3 fully saturated rings. The van der Waals surface area contributed by atoms with E-state index in [0.717, 1.165) is 13.0 Å². The second-order valence-corrected chi connectivity index (χ2v) is 5.95. The lowest BCUT2D eigenvalue weighted by Crippen LogP contribution is -2.56. The number of nitrogens with two attached hydrogens (primary N) is 1. The minimum Gasteiger partial charge on any atom is -0.326 e. The van der Waals surface area contributed by atoms with Crippen LogP contribution >= 0.6 is 11.3 Å². The maximum atomic E-state index is 5.79. The van der Waals surface area contributed by atoms with Crippen LogP contribution in [0.15, 0.2) is 0 Å². The van der Waals surface area contributed by atoms with Gasteiger partial charge in [-0.3, -0.25) is 9.80 Å². The van der Waals surface area contributed by atoms with Crippen LogP contribution in [0.5, 0.6) is 0 Å². The van der Waals surface area contributed by atoms with Crippen LogP contribution in [0.1, 0.15) is 28.5 Å². The summed E-state index contributed by atoms with van der Waals surface area (Å²) in [5.41, 5.74) is 7.00. The van der Waals surface area contributed by atoms with E-state index in [2.05, 4.69) is 16.7 Å². The van der Waals surface area contributed by atoms with Gasteiger partial charge in [-0.05, 0) is 6.42 Å². The number of fused-ring (bicyclic) bond motifs is 3. The van der Waals surface area contributed by atoms with E-state index in [1.807, 2.05) is 11.3 Å². The molecule has 4 nitrogen and oxygen atoms in total. The Hall–Kier alpha value is -0.490. The van der Waals surface area contributed by atoms with Crippen molar-refractivity contribution in [2.24, 2.45) is 5.73 Å². The molecule has 2 bridgehead atoms. The van der Waals surface area contributed by atoms with Gasteiger partial charge < -0.3 is 5.73 Å². The van der Waals surface area contributed by atoms with Crippen molar-refractivity contribution in [1.82, 2.24) is 14.8 Å². The molecule has 1 atom stereocenters. The highest BCUT2D eigenvalue weighted by atomic mass is 32.1. The molecule has 0 saturated carbocycles. The van der Waals surface area contributed by atoms with E-state index >= 15 is 0 Å². The molecule has 4 heterocycles. The van der Waals surface area contributed by atoms with Gasteiger partial charge in [0, 0.05) is 44.1 Å². The van der Waals surface area contributed by atoms with Crippen LogP contribution in [0.2, 0.25) is 0 Å². The van der Waals surface area contributed by atoms with Crippen molar-refractivity contribution in [3.05, 3.63) is 15.6 Å². The molecule has 3 saturated heterocycles. The Bertz CT molecular complexity index is 374. The third-order valence-corrected chi connectivity index (χ3v) is 5.10. The molecule has 4 rings (SSSR count). The Morgan fingerprint density at radius 2 is 2.12 bits per heavy atom. The number of rotatable bonds is 3. The van der Waals surface area contributed by atoms with Gasteiger partial charge in [0.25, 0.3) is 0 Å². The van der Waals surface area contributed by atoms with Gasteiger partial charge in [0.2, 0.25) is 0 Å². The van der Waals surface area contributed by atoms with E-state index < -0.39 is 0 Å². The molecule has 0 aliphatic carbocycles. The van der Waals surface area contributed by atoms with E-state index in [4.69, 9.17) is 10.7 Å². The SMILES string of the molecule is CCc1nc(C2CN3CCN2CC3)sc1CN. The van der Waals surface area contributed by atoms with Gasteiger partial charge in [0.15, 0.2) is 0 Å². The fraction of sp³-hybridized carbons (Fsp3) is 0.750. The van der Waals surface area contributed by atoms with Crippen LogP contribution in [0.3, 0.4) is 0 Å². The summed E-state index contributed by atoms with van der Waals surface area (Å²) in [7, 11) is 0. The average molecular weight is 252 g/mol. The summed E-state index contributed by atoms with van der Waals surface area (Å²) in [6.07, 6.45) is 0.999. The molecule has 0 radical (unpaired) electrons. The predicted molar refractivity (Wildman–Crippen MR) is 70.1 cm³/mol. The monoisotopic (exact) mass is 252 g/mol. The van der Waals surface area contributed by atoms with Crippen LogP contribution in [0.4, 0.5) is 0 Å². The topological polar surface area (TPSA) is 45.4 Å². The number of hydrogen-bond donors (Lipinski definition) is 1. The molecule has 5 heteroatoms. The zero-order chi connectivity index (χ0) is 11.8. The summed E-state index contributed by atoms with van der Waals surface area (Å²) >= 11 is 1.83. The second kappa shape index (κ2) is 4.65. The first kappa shape index (κ1) is 11.6. The first-order valence-electron chi connectivity index (χ1n) is 6.46. The highest BCUT2D eigenvalue weighted by Gasteiger charge is 2.34. The molecular formula is C12H20N4S. The zero-order valence-electron chi connectivity index (χ0n) is 10.4. The van der Waals surface area contributed by atoms with E-state index in [-0.39, 0.29) is 0 Å². The molecule has 2 N–H and O–H groups in total. The van der Waals surface area contributed by atoms with Crippen LogP contribution < -0.4 is 5.73 Å². The lowest BCUT2D eigenvalue weighted by molar-refractivity contribution is 0.0122. The van der Waals surface area contributed by atoms with Crippen molar-refractivity contribution >= 4 is 11.3 Å². The third-order valence-electron chi connectivity index (χ3n) is 3.88. The zero-order valence-corrected chi connectivity index (χ0v) is 11.2. The standard InChI is InChI=1S/C12H20N4S/c1-2-9-11(7-13)17-12(14-9)10-8-15-3-5-16(10)6-4-15/h10H,2-8,13H2,1H3. The molecule has 0 amide bonds. The number of hydrogen-bond acceptors (Lipinski definition) is 5. The number of thiazole rings is 1. The predicted octanol–water partition coefficient (Wildman–Crippen LogP) is 0.837. The smallest absolute Gasteiger partial charge is 0.112 e. The first-order valence-corrected chi connectivity index (χ1v) is 7.28. The van der Waals surface area contributed by atoms with Crippen LogP contribution in [0.25, 0.3) is 0 Å². The summed E-state index contributed by atoms with van der Waals surface area (Å²) in [4.78, 5) is 11.2. The van der Waals surface area contributed by atoms with Crippen LogP contribution in [-0.4, -0.2) is 47.5 Å². The fourth-order valence-corrected chi connectivity index (χ4v) is 3.99. The lowest BCUT2D eigenvalue weighted by atomic mass is 10.1. The number of aromatic nitrogens is 1. The molecule has 3 aliphatic rings. The minimum atomic E-state index is 0.521. The molecule has 94 valence electrons. The highest BCUT2D eigenvalue weighted by molar-refractivity contribution is 7.11. The maximum Gasteiger partial charge on any atom is 0.112 e. The molecule has 3 aliphatic heterocycles. The molecule has 0 spiro atoms. The molecule has 17 heavy (non-hydrogen) atoms. The van der Waals surface area contributed by atoms with Crippen molar-refractivity contribution in [2.45, 2.75) is 25.9 Å². The average Bonchev–Trinajstić information content (AvgIpc) is 2.83. The quantitative estimate of drug-likeness (QED) is 0.866. The fourth-order valence-electron chi connectivity index (χ4n) is 2.83. The van der Waals surface area contributed by atoms with Crippen LogP contribution in [0, 0.1) is 0 Å². The molecule has 0 aromatic carbocycles. The normalized spacial score (nSPS) is 32.0. The van der Waals surface area contributed by atoms with Gasteiger partial charge in [0.1, 0.15) is 5.01 Å². The van der Waals surface area contributed by atoms with Crippen molar-refractivity contribution < 1.29 is 0 Å². The summed E-state index contributed by atoms with van der Waals surface area (Å²) in [6, 6.07) is 0.521. The van der Waals surface area contributed by atoms with Crippen molar-refractivity contribution in [2.75, 3.05) is 32.7 Å². The largest absolute Gasteiger partial charge is 0.326 e. The number of piperazine rings is 3. The summed E-state index contributed by atoms with van der Waals surface area (Å²) in [5.74, 6) is 0. The number of aryl methyl sites for hydroxylation is 1. The Balaban J connectivity index is 1.86. The van der Waals surface area contributed by atoms with Crippen molar-refractivity contribution in [3.63, 3.8) is 0 Å². The minimum absolute atomic E-state index is 0.521. The van der Waals surface area contributed by atoms with E-state index in [0.29, 0.717) is 12.6 Å². The van der Waals surface area contributed by atoms with Gasteiger partial charge >= 0.3 is 0 Å². The van der Waals surface area contributed by atoms with E-state index in [9.17, 15) is 0 Å². The van der Waals surface area contributed by atoms with Gasteiger partial charge in [-0.2, -0.15) is 0 Å². The van der Waals surface area contributed by atoms with Gasteiger partial charge in [0.05, 0.1) is 11.7 Å². The van der Waals surface area contributed by atoms with Crippen molar-refractivity contribution in [3.8, 4) is 0 Å². The molecule has 1 aromatic heterocycles. The molecule has 1 aromatic rings. The maximum absolute atomic E-state index is 5.79. The molecule has 1 unspecified atom stereocenters. The second-order valence-electron chi connectivity index (χ2n) is 4.83. The van der Waals surface area contributed by atoms with Crippen molar-refractivity contribution in [1.29, 1.82) is 0 Å². The van der Waals surface area contributed by atoms with E-state index in [1.165, 1.54) is 41.8 Å². The Morgan fingerprint density at radius 3 is 2.59 bits per heavy atom. The summed E-state index contributed by atoms with van der Waals surface area (Å²) in [6.45, 7) is 8.80. The first-order chi connectivity index (χ1) is 8.31. The third kappa shape index (κ3) is 2.01. The van der Waals surface area contributed by atoms with Crippen LogP contribution in [-0.2, 0) is 13.0 Å². The Kier molecular flexibility index (Phi) is 3.17. The summed E-state index contributed by atoms with van der Waals surface area (Å²) < 4.78 is 0. The van der Waals surface area contributed by atoms with E-state index in [1.54, 1.807) is 0 Å². The van der Waals surface area contributed by atoms with Gasteiger partial charge in [-0.1, -0.05) is 6.92 Å². The number of nitrogens with zero attached hydrogens (tertiary/aromatic N) is 3. The van der Waals surface area contributed by atoms with Gasteiger partial charge in [-0.15, -0.1) is 11.3 Å². The lowest BCUT2D eigenvalue weighted by Gasteiger charge is -2.46. The molecular weight excluding hydrogens is 232 g/mol. The van der Waals surface area contributed by atoms with Gasteiger partial charge in [-0.25, -0.2) is 4.98 Å². The highest BCUT2D eigenvalue weighted by Crippen LogP contribution is 2.32.